The van der Waals surface area contributed by atoms with Crippen LogP contribution in [0.25, 0.3) is 0 Å². The molecule has 0 saturated heterocycles. The van der Waals surface area contributed by atoms with Gasteiger partial charge in [-0.15, -0.1) is 0 Å². The van der Waals surface area contributed by atoms with E-state index in [0.29, 0.717) is 5.92 Å². The Morgan fingerprint density at radius 3 is 2.75 bits per heavy atom. The Kier molecular flexibility index (Phi) is 3.32. The number of hydrogen-bond donors (Lipinski definition) is 0. The summed E-state index contributed by atoms with van der Waals surface area (Å²) >= 11 is 0. The summed E-state index contributed by atoms with van der Waals surface area (Å²) in [6, 6.07) is 0. The summed E-state index contributed by atoms with van der Waals surface area (Å²) in [5.41, 5.74) is 0. The van der Waals surface area contributed by atoms with E-state index in [1.807, 2.05) is 0 Å². The zero-order valence-corrected chi connectivity index (χ0v) is 7.58. The van der Waals surface area contributed by atoms with Crippen molar-refractivity contribution in [1.82, 2.24) is 0 Å². The maximum Gasteiger partial charge on any atom is 0.330 e. The molecule has 1 fully saturated rings. The van der Waals surface area contributed by atoms with Crippen molar-refractivity contribution in [2.45, 2.75) is 38.7 Å². The van der Waals surface area contributed by atoms with Crippen LogP contribution in [0.5, 0.6) is 0 Å². The molecule has 0 bridgehead atoms. The third kappa shape index (κ3) is 2.36. The van der Waals surface area contributed by atoms with Crippen LogP contribution in [0.1, 0.15) is 32.6 Å². The van der Waals surface area contributed by atoms with Crippen LogP contribution in [0.4, 0.5) is 0 Å². The summed E-state index contributed by atoms with van der Waals surface area (Å²) in [6.45, 7) is 5.52. The van der Waals surface area contributed by atoms with Crippen LogP contribution < -0.4 is 0 Å². The largest absolute Gasteiger partial charge is 0.459 e. The lowest BCUT2D eigenvalue weighted by molar-refractivity contribution is -0.147. The molecule has 2 nitrogen and oxygen atoms in total. The molecule has 68 valence electrons. The lowest BCUT2D eigenvalue weighted by atomic mass is 9.88. The van der Waals surface area contributed by atoms with Gasteiger partial charge < -0.3 is 4.74 Å². The summed E-state index contributed by atoms with van der Waals surface area (Å²) in [4.78, 5) is 10.9. The highest BCUT2D eigenvalue weighted by molar-refractivity contribution is 5.81. The first-order valence-electron chi connectivity index (χ1n) is 4.57. The third-order valence-corrected chi connectivity index (χ3v) is 2.47. The van der Waals surface area contributed by atoms with Crippen LogP contribution in [-0.2, 0) is 9.53 Å². The van der Waals surface area contributed by atoms with Gasteiger partial charge in [-0.05, 0) is 25.2 Å². The number of carbonyl (C=O) groups excluding carboxylic acids is 1. The molecule has 12 heavy (non-hydrogen) atoms. The molecule has 0 N–H and O–H groups in total. The Balaban J connectivity index is 2.38. The van der Waals surface area contributed by atoms with Crippen LogP contribution in [-0.4, -0.2) is 12.1 Å². The topological polar surface area (TPSA) is 26.3 Å². The summed E-state index contributed by atoms with van der Waals surface area (Å²) in [5.74, 6) is 0.233. The van der Waals surface area contributed by atoms with Gasteiger partial charge in [0.2, 0.25) is 0 Å². The number of ether oxygens (including phenoxy) is 1. The van der Waals surface area contributed by atoms with Crippen molar-refractivity contribution >= 4 is 5.97 Å². The fourth-order valence-electron chi connectivity index (χ4n) is 1.65. The molecule has 0 aromatic rings. The SMILES string of the molecule is C=CC(=O)O[C@@H]1CCCC[C@H]1C. The number of rotatable bonds is 2. The molecule has 0 aliphatic heterocycles. The summed E-state index contributed by atoms with van der Waals surface area (Å²) in [6.07, 6.45) is 6.00. The quantitative estimate of drug-likeness (QED) is 0.467. The molecule has 1 saturated carbocycles. The Morgan fingerprint density at radius 2 is 2.17 bits per heavy atom. The predicted octanol–water partition coefficient (Wildman–Crippen LogP) is 2.29. The van der Waals surface area contributed by atoms with Crippen LogP contribution in [0.3, 0.4) is 0 Å². The fourth-order valence-corrected chi connectivity index (χ4v) is 1.65. The van der Waals surface area contributed by atoms with Crippen LogP contribution in [0.15, 0.2) is 12.7 Å². The van der Waals surface area contributed by atoms with Gasteiger partial charge in [-0.25, -0.2) is 4.79 Å². The summed E-state index contributed by atoms with van der Waals surface area (Å²) < 4.78 is 5.20. The van der Waals surface area contributed by atoms with Crippen molar-refractivity contribution in [2.75, 3.05) is 0 Å². The molecule has 1 rings (SSSR count). The lowest BCUT2D eigenvalue weighted by Crippen LogP contribution is -2.27. The van der Waals surface area contributed by atoms with Gasteiger partial charge in [-0.2, -0.15) is 0 Å². The van der Waals surface area contributed by atoms with Crippen LogP contribution in [0, 0.1) is 5.92 Å². The number of esters is 1. The fraction of sp³-hybridized carbons (Fsp3) is 0.700. The second-order valence-electron chi connectivity index (χ2n) is 3.44. The van der Waals surface area contributed by atoms with Crippen molar-refractivity contribution < 1.29 is 9.53 Å². The van der Waals surface area contributed by atoms with Gasteiger partial charge in [0.15, 0.2) is 0 Å². The molecule has 1 aliphatic carbocycles. The summed E-state index contributed by atoms with van der Waals surface area (Å²) in [5, 5.41) is 0. The van der Waals surface area contributed by atoms with Crippen LogP contribution >= 0.6 is 0 Å². The molecular formula is C10H16O2. The zero-order valence-electron chi connectivity index (χ0n) is 7.58. The molecule has 2 heteroatoms. The van der Waals surface area contributed by atoms with E-state index >= 15 is 0 Å². The minimum absolute atomic E-state index is 0.129. The molecule has 0 aromatic carbocycles. The minimum Gasteiger partial charge on any atom is -0.459 e. The second kappa shape index (κ2) is 4.29. The lowest BCUT2D eigenvalue weighted by Gasteiger charge is -2.27. The van der Waals surface area contributed by atoms with Gasteiger partial charge in [0.05, 0.1) is 0 Å². The maximum absolute atomic E-state index is 10.9. The molecule has 0 spiro atoms. The smallest absolute Gasteiger partial charge is 0.330 e. The molecular weight excluding hydrogens is 152 g/mol. The van der Waals surface area contributed by atoms with Gasteiger partial charge in [0, 0.05) is 6.08 Å². The van der Waals surface area contributed by atoms with Crippen molar-refractivity contribution in [3.8, 4) is 0 Å². The molecule has 0 radical (unpaired) electrons. The highest BCUT2D eigenvalue weighted by Crippen LogP contribution is 2.26. The molecule has 1 aliphatic rings. The van der Waals surface area contributed by atoms with Crippen molar-refractivity contribution in [3.05, 3.63) is 12.7 Å². The Hall–Kier alpha value is -0.790. The minimum atomic E-state index is -0.284. The van der Waals surface area contributed by atoms with E-state index in [0.717, 1.165) is 6.42 Å². The maximum atomic E-state index is 10.9. The van der Waals surface area contributed by atoms with Crippen LogP contribution in [0.2, 0.25) is 0 Å². The molecule has 0 heterocycles. The second-order valence-corrected chi connectivity index (χ2v) is 3.44. The van der Waals surface area contributed by atoms with E-state index in [1.54, 1.807) is 0 Å². The first-order valence-corrected chi connectivity index (χ1v) is 4.57. The van der Waals surface area contributed by atoms with E-state index in [4.69, 9.17) is 4.74 Å². The average Bonchev–Trinajstić information content (AvgIpc) is 2.09. The zero-order chi connectivity index (χ0) is 8.97. The van der Waals surface area contributed by atoms with E-state index in [2.05, 4.69) is 13.5 Å². The Labute approximate surface area is 73.6 Å². The van der Waals surface area contributed by atoms with E-state index in [1.165, 1.54) is 25.3 Å². The number of hydrogen-bond acceptors (Lipinski definition) is 2. The van der Waals surface area contributed by atoms with Crippen molar-refractivity contribution in [1.29, 1.82) is 0 Å². The normalized spacial score (nSPS) is 29.4. The van der Waals surface area contributed by atoms with Gasteiger partial charge in [-0.1, -0.05) is 19.9 Å². The summed E-state index contributed by atoms with van der Waals surface area (Å²) in [7, 11) is 0. The van der Waals surface area contributed by atoms with E-state index < -0.39 is 0 Å². The number of carbonyl (C=O) groups is 1. The van der Waals surface area contributed by atoms with E-state index in [9.17, 15) is 4.79 Å². The first kappa shape index (κ1) is 9.30. The van der Waals surface area contributed by atoms with Crippen molar-refractivity contribution in [2.24, 2.45) is 5.92 Å². The highest BCUT2D eigenvalue weighted by Gasteiger charge is 2.23. The van der Waals surface area contributed by atoms with Gasteiger partial charge in [-0.3, -0.25) is 0 Å². The monoisotopic (exact) mass is 168 g/mol. The first-order chi connectivity index (χ1) is 5.74. The standard InChI is InChI=1S/C10H16O2/c1-3-10(11)12-9-7-5-4-6-8(9)2/h3,8-9H,1,4-7H2,2H3/t8-,9-/m1/s1. The van der Waals surface area contributed by atoms with Crippen molar-refractivity contribution in [3.63, 3.8) is 0 Å². The van der Waals surface area contributed by atoms with E-state index in [-0.39, 0.29) is 12.1 Å². The predicted molar refractivity (Wildman–Crippen MR) is 47.7 cm³/mol. The molecule has 0 unspecified atom stereocenters. The molecule has 2 atom stereocenters. The molecule has 0 aromatic heterocycles. The van der Waals surface area contributed by atoms with Gasteiger partial charge >= 0.3 is 5.97 Å². The third-order valence-electron chi connectivity index (χ3n) is 2.47. The highest BCUT2D eigenvalue weighted by atomic mass is 16.5. The molecule has 0 amide bonds. The Bertz CT molecular complexity index is 175. The Morgan fingerprint density at radius 1 is 1.50 bits per heavy atom. The average molecular weight is 168 g/mol. The van der Waals surface area contributed by atoms with Gasteiger partial charge in [0.25, 0.3) is 0 Å². The van der Waals surface area contributed by atoms with Gasteiger partial charge in [0.1, 0.15) is 6.10 Å².